The molecule has 2 aromatic rings. The van der Waals surface area contributed by atoms with Crippen molar-refractivity contribution in [2.24, 2.45) is 5.92 Å². The van der Waals surface area contributed by atoms with Gasteiger partial charge in [-0.2, -0.15) is 5.26 Å². The Morgan fingerprint density at radius 3 is 2.52 bits per heavy atom. The summed E-state index contributed by atoms with van der Waals surface area (Å²) in [4.78, 5) is 25.3. The van der Waals surface area contributed by atoms with Gasteiger partial charge in [0.15, 0.2) is 5.76 Å². The minimum absolute atomic E-state index is 0.0688. The third-order valence-electron chi connectivity index (χ3n) is 5.23. The second-order valence-corrected chi connectivity index (χ2v) is 7.22. The summed E-state index contributed by atoms with van der Waals surface area (Å²) in [5, 5.41) is 23.4. The molecule has 1 aliphatic carbocycles. The number of aliphatic hydroxyl groups excluding tert-OH is 1. The van der Waals surface area contributed by atoms with Crippen LogP contribution in [0.1, 0.15) is 48.2 Å². The molecule has 1 aromatic carbocycles. The molecular formula is C22H25N3O4. The summed E-state index contributed by atoms with van der Waals surface area (Å²) >= 11 is 0. The third kappa shape index (κ3) is 5.24. The van der Waals surface area contributed by atoms with Crippen LogP contribution in [0, 0.1) is 17.2 Å². The summed E-state index contributed by atoms with van der Waals surface area (Å²) in [5.41, 5.74) is 1.30. The zero-order valence-electron chi connectivity index (χ0n) is 16.2. The van der Waals surface area contributed by atoms with Crippen LogP contribution >= 0.6 is 0 Å². The van der Waals surface area contributed by atoms with E-state index in [9.17, 15) is 9.59 Å². The Morgan fingerprint density at radius 2 is 1.86 bits per heavy atom. The lowest BCUT2D eigenvalue weighted by Crippen LogP contribution is -2.51. The molecule has 7 heteroatoms. The largest absolute Gasteiger partial charge is 0.451 e. The van der Waals surface area contributed by atoms with Crippen molar-refractivity contribution in [3.05, 3.63) is 47.7 Å². The second kappa shape index (κ2) is 9.89. The van der Waals surface area contributed by atoms with Crippen LogP contribution in [0.2, 0.25) is 0 Å². The minimum Gasteiger partial charge on any atom is -0.451 e. The van der Waals surface area contributed by atoms with E-state index in [2.05, 4.69) is 16.7 Å². The van der Waals surface area contributed by atoms with E-state index in [1.165, 1.54) is 0 Å². The quantitative estimate of drug-likeness (QED) is 0.666. The standard InChI is InChI=1S/C22H25N3O4/c23-14-15-6-8-16(9-7-15)18-10-11-19(29-18)21(27)25-20(22(28)24-12-13-26)17-4-2-1-3-5-17/h6-11,17,20,26H,1-5,12-13H2,(H,24,28)(H,25,27)/t20-/m0/s1. The molecule has 1 aliphatic rings. The van der Waals surface area contributed by atoms with E-state index in [-0.39, 0.29) is 30.7 Å². The Hall–Kier alpha value is -3.11. The van der Waals surface area contributed by atoms with Gasteiger partial charge in [0.25, 0.3) is 5.91 Å². The van der Waals surface area contributed by atoms with Gasteiger partial charge in [-0.05, 0) is 55.2 Å². The highest BCUT2D eigenvalue weighted by Crippen LogP contribution is 2.27. The minimum atomic E-state index is -0.655. The number of carbonyl (C=O) groups is 2. The van der Waals surface area contributed by atoms with E-state index < -0.39 is 11.9 Å². The van der Waals surface area contributed by atoms with E-state index >= 15 is 0 Å². The average molecular weight is 395 g/mol. The van der Waals surface area contributed by atoms with Gasteiger partial charge in [0.05, 0.1) is 18.2 Å². The fourth-order valence-electron chi connectivity index (χ4n) is 3.69. The molecule has 1 fully saturated rings. The van der Waals surface area contributed by atoms with Crippen molar-refractivity contribution in [3.8, 4) is 17.4 Å². The van der Waals surface area contributed by atoms with Crippen molar-refractivity contribution in [1.29, 1.82) is 5.26 Å². The first-order chi connectivity index (χ1) is 14.1. The van der Waals surface area contributed by atoms with Gasteiger partial charge in [-0.25, -0.2) is 0 Å². The predicted octanol–water partition coefficient (Wildman–Crippen LogP) is 2.61. The number of aliphatic hydroxyl groups is 1. The Kier molecular flexibility index (Phi) is 7.04. The molecule has 0 radical (unpaired) electrons. The van der Waals surface area contributed by atoms with Gasteiger partial charge in [-0.1, -0.05) is 19.3 Å². The lowest BCUT2D eigenvalue weighted by molar-refractivity contribution is -0.124. The second-order valence-electron chi connectivity index (χ2n) is 7.22. The van der Waals surface area contributed by atoms with Crippen molar-refractivity contribution in [1.82, 2.24) is 10.6 Å². The number of nitrogens with one attached hydrogen (secondary N) is 2. The van der Waals surface area contributed by atoms with E-state index in [0.29, 0.717) is 11.3 Å². The van der Waals surface area contributed by atoms with Gasteiger partial charge in [0.1, 0.15) is 11.8 Å². The van der Waals surface area contributed by atoms with Gasteiger partial charge >= 0.3 is 0 Å². The van der Waals surface area contributed by atoms with Crippen LogP contribution in [0.25, 0.3) is 11.3 Å². The molecule has 1 heterocycles. The molecule has 7 nitrogen and oxygen atoms in total. The molecular weight excluding hydrogens is 370 g/mol. The fourth-order valence-corrected chi connectivity index (χ4v) is 3.69. The summed E-state index contributed by atoms with van der Waals surface area (Å²) in [5.74, 6) is -0.0177. The summed E-state index contributed by atoms with van der Waals surface area (Å²) in [6, 6.07) is 11.5. The van der Waals surface area contributed by atoms with Gasteiger partial charge in [0.2, 0.25) is 5.91 Å². The number of hydrogen-bond donors (Lipinski definition) is 3. The first-order valence-corrected chi connectivity index (χ1v) is 9.92. The molecule has 152 valence electrons. The topological polar surface area (TPSA) is 115 Å². The van der Waals surface area contributed by atoms with Crippen LogP contribution in [0.3, 0.4) is 0 Å². The molecule has 2 amide bonds. The first kappa shape index (κ1) is 20.6. The molecule has 3 rings (SSSR count). The van der Waals surface area contributed by atoms with Crippen molar-refractivity contribution in [2.75, 3.05) is 13.2 Å². The number of rotatable bonds is 7. The van der Waals surface area contributed by atoms with E-state index in [0.717, 1.165) is 37.7 Å². The molecule has 3 N–H and O–H groups in total. The van der Waals surface area contributed by atoms with Crippen LogP contribution in [0.4, 0.5) is 0 Å². The molecule has 0 unspecified atom stereocenters. The molecule has 0 spiro atoms. The van der Waals surface area contributed by atoms with Crippen LogP contribution < -0.4 is 10.6 Å². The number of benzene rings is 1. The molecule has 1 atom stereocenters. The Balaban J connectivity index is 1.72. The Bertz CT molecular complexity index is 876. The lowest BCUT2D eigenvalue weighted by Gasteiger charge is -2.29. The highest BCUT2D eigenvalue weighted by Gasteiger charge is 2.31. The Morgan fingerprint density at radius 1 is 1.14 bits per heavy atom. The molecule has 29 heavy (non-hydrogen) atoms. The SMILES string of the molecule is N#Cc1ccc(-c2ccc(C(=O)N[C@H](C(=O)NCCO)C3CCCCC3)o2)cc1. The van der Waals surface area contributed by atoms with Gasteiger partial charge < -0.3 is 20.2 Å². The number of furan rings is 1. The molecule has 1 aromatic heterocycles. The van der Waals surface area contributed by atoms with Gasteiger partial charge in [-0.15, -0.1) is 0 Å². The van der Waals surface area contributed by atoms with Crippen LogP contribution in [0.5, 0.6) is 0 Å². The zero-order valence-corrected chi connectivity index (χ0v) is 16.2. The highest BCUT2D eigenvalue weighted by atomic mass is 16.4. The molecule has 0 bridgehead atoms. The van der Waals surface area contributed by atoms with Crippen LogP contribution in [-0.4, -0.2) is 36.1 Å². The fraction of sp³-hybridized carbons (Fsp3) is 0.409. The number of nitriles is 1. The number of amides is 2. The molecule has 1 saturated carbocycles. The summed E-state index contributed by atoms with van der Waals surface area (Å²) in [7, 11) is 0. The maximum atomic E-state index is 12.7. The van der Waals surface area contributed by atoms with Crippen molar-refractivity contribution in [2.45, 2.75) is 38.1 Å². The van der Waals surface area contributed by atoms with E-state index in [4.69, 9.17) is 14.8 Å². The first-order valence-electron chi connectivity index (χ1n) is 9.92. The molecule has 0 saturated heterocycles. The monoisotopic (exact) mass is 395 g/mol. The Labute approximate surface area is 169 Å². The lowest BCUT2D eigenvalue weighted by atomic mass is 9.83. The van der Waals surface area contributed by atoms with E-state index in [1.54, 1.807) is 36.4 Å². The molecule has 0 aliphatic heterocycles. The van der Waals surface area contributed by atoms with E-state index in [1.807, 2.05) is 0 Å². The van der Waals surface area contributed by atoms with Crippen LogP contribution in [0.15, 0.2) is 40.8 Å². The summed E-state index contributed by atoms with van der Waals surface area (Å²) in [6.45, 7) is 0.00469. The number of hydrogen-bond acceptors (Lipinski definition) is 5. The van der Waals surface area contributed by atoms with Crippen molar-refractivity contribution >= 4 is 11.8 Å². The number of carbonyl (C=O) groups excluding carboxylic acids is 2. The van der Waals surface area contributed by atoms with Gasteiger partial charge in [-0.3, -0.25) is 9.59 Å². The maximum absolute atomic E-state index is 12.7. The number of nitrogens with zero attached hydrogens (tertiary/aromatic N) is 1. The average Bonchev–Trinajstić information content (AvgIpc) is 3.27. The van der Waals surface area contributed by atoms with Crippen molar-refractivity contribution < 1.29 is 19.1 Å². The summed E-state index contributed by atoms with van der Waals surface area (Å²) in [6.07, 6.45) is 4.97. The van der Waals surface area contributed by atoms with Crippen LogP contribution in [-0.2, 0) is 4.79 Å². The zero-order chi connectivity index (χ0) is 20.6. The van der Waals surface area contributed by atoms with Crippen molar-refractivity contribution in [3.63, 3.8) is 0 Å². The smallest absolute Gasteiger partial charge is 0.287 e. The third-order valence-corrected chi connectivity index (χ3v) is 5.23. The van der Waals surface area contributed by atoms with Gasteiger partial charge in [0, 0.05) is 12.1 Å². The normalized spacial score (nSPS) is 15.3. The highest BCUT2D eigenvalue weighted by molar-refractivity contribution is 5.96. The summed E-state index contributed by atoms with van der Waals surface area (Å²) < 4.78 is 5.69. The predicted molar refractivity (Wildman–Crippen MR) is 107 cm³/mol. The maximum Gasteiger partial charge on any atom is 0.287 e.